The van der Waals surface area contributed by atoms with Crippen LogP contribution in [0.3, 0.4) is 0 Å². The number of hydrogen-bond donors (Lipinski definition) is 1. The van der Waals surface area contributed by atoms with E-state index < -0.39 is 22.8 Å². The molecule has 0 bridgehead atoms. The maximum absolute atomic E-state index is 12.4. The molecule has 2 amide bonds. The van der Waals surface area contributed by atoms with E-state index in [0.717, 1.165) is 37.6 Å². The van der Waals surface area contributed by atoms with Gasteiger partial charge >= 0.3 is 5.88 Å². The molecule has 0 aliphatic carbocycles. The Morgan fingerprint density at radius 2 is 1.97 bits per heavy atom. The van der Waals surface area contributed by atoms with E-state index in [4.69, 9.17) is 9.15 Å². The minimum Gasteiger partial charge on any atom is -0.483 e. The van der Waals surface area contributed by atoms with Crippen molar-refractivity contribution in [2.24, 2.45) is 0 Å². The third-order valence-electron chi connectivity index (χ3n) is 4.81. The largest absolute Gasteiger partial charge is 0.483 e. The summed E-state index contributed by atoms with van der Waals surface area (Å²) in [6, 6.07) is 9.16. The summed E-state index contributed by atoms with van der Waals surface area (Å²) in [6.45, 7) is 3.34. The van der Waals surface area contributed by atoms with Gasteiger partial charge in [0, 0.05) is 18.7 Å². The zero-order chi connectivity index (χ0) is 20.8. The van der Waals surface area contributed by atoms with E-state index in [2.05, 4.69) is 5.32 Å². The Hall–Kier alpha value is -3.36. The van der Waals surface area contributed by atoms with Gasteiger partial charge in [-0.3, -0.25) is 19.7 Å². The molecule has 1 N–H and O–H groups in total. The predicted molar refractivity (Wildman–Crippen MR) is 104 cm³/mol. The van der Waals surface area contributed by atoms with Gasteiger partial charge in [0.2, 0.25) is 0 Å². The lowest BCUT2D eigenvalue weighted by Gasteiger charge is -2.21. The molecule has 0 spiro atoms. The molecule has 1 aromatic heterocycles. The molecule has 9 nitrogen and oxygen atoms in total. The van der Waals surface area contributed by atoms with E-state index in [1.54, 1.807) is 17.0 Å². The molecule has 2 aromatic rings. The second-order valence-electron chi connectivity index (χ2n) is 6.74. The highest BCUT2D eigenvalue weighted by Gasteiger charge is 2.23. The van der Waals surface area contributed by atoms with Crippen LogP contribution in [0, 0.1) is 10.1 Å². The lowest BCUT2D eigenvalue weighted by molar-refractivity contribution is -0.402. The average molecular weight is 401 g/mol. The lowest BCUT2D eigenvalue weighted by atomic mass is 10.0. The van der Waals surface area contributed by atoms with Crippen LogP contribution >= 0.6 is 0 Å². The molecule has 1 unspecified atom stereocenters. The Labute approximate surface area is 167 Å². The third-order valence-corrected chi connectivity index (χ3v) is 4.81. The van der Waals surface area contributed by atoms with E-state index in [-0.39, 0.29) is 18.3 Å². The number of ether oxygens (including phenoxy) is 1. The summed E-state index contributed by atoms with van der Waals surface area (Å²) in [6.07, 6.45) is 2.57. The number of nitrogens with zero attached hydrogens (tertiary/aromatic N) is 2. The molecule has 1 saturated heterocycles. The molecule has 1 fully saturated rings. The average Bonchev–Trinajstić information content (AvgIpc) is 3.42. The van der Waals surface area contributed by atoms with Crippen molar-refractivity contribution in [1.82, 2.24) is 10.2 Å². The summed E-state index contributed by atoms with van der Waals surface area (Å²) in [5, 5.41) is 13.5. The molecule has 3 rings (SSSR count). The smallest absolute Gasteiger partial charge is 0.433 e. The second kappa shape index (κ2) is 9.22. The highest BCUT2D eigenvalue weighted by Crippen LogP contribution is 2.28. The molecular formula is C20H23N3O6. The van der Waals surface area contributed by atoms with Crippen LogP contribution in [0.5, 0.6) is 5.75 Å². The fourth-order valence-electron chi connectivity index (χ4n) is 3.27. The van der Waals surface area contributed by atoms with E-state index >= 15 is 0 Å². The standard InChI is InChI=1S/C20H23N3O6/c1-2-15(21-20(25)17-9-10-19(29-17)23(26)27)14-7-3-4-8-16(14)28-13-18(24)22-11-5-6-12-22/h3-4,7-10,15H,2,5-6,11-13H2,1H3,(H,21,25). The Bertz CT molecular complexity index is 888. The number of rotatable bonds is 8. The first-order valence-corrected chi connectivity index (χ1v) is 9.54. The van der Waals surface area contributed by atoms with Crippen LogP contribution in [0.4, 0.5) is 5.88 Å². The number of nitro groups is 1. The van der Waals surface area contributed by atoms with Gasteiger partial charge in [0.15, 0.2) is 12.4 Å². The monoisotopic (exact) mass is 401 g/mol. The Morgan fingerprint density at radius 1 is 1.24 bits per heavy atom. The van der Waals surface area contributed by atoms with Gasteiger partial charge in [0.25, 0.3) is 11.8 Å². The van der Waals surface area contributed by atoms with Crippen LogP contribution in [-0.4, -0.2) is 41.3 Å². The summed E-state index contributed by atoms with van der Waals surface area (Å²) < 4.78 is 10.7. The number of carbonyl (C=O) groups is 2. The molecule has 0 saturated carbocycles. The second-order valence-corrected chi connectivity index (χ2v) is 6.74. The summed E-state index contributed by atoms with van der Waals surface area (Å²) in [4.78, 5) is 36.5. The zero-order valence-corrected chi connectivity index (χ0v) is 16.1. The highest BCUT2D eigenvalue weighted by molar-refractivity contribution is 5.92. The number of carbonyl (C=O) groups excluding carboxylic acids is 2. The van der Waals surface area contributed by atoms with Crippen molar-refractivity contribution < 1.29 is 23.7 Å². The number of likely N-dealkylation sites (tertiary alicyclic amines) is 1. The fourth-order valence-corrected chi connectivity index (χ4v) is 3.27. The Morgan fingerprint density at radius 3 is 2.62 bits per heavy atom. The summed E-state index contributed by atoms with van der Waals surface area (Å²) >= 11 is 0. The van der Waals surface area contributed by atoms with Gasteiger partial charge in [-0.25, -0.2) is 0 Å². The zero-order valence-electron chi connectivity index (χ0n) is 16.1. The van der Waals surface area contributed by atoms with E-state index in [9.17, 15) is 19.7 Å². The molecule has 1 aliphatic heterocycles. The van der Waals surface area contributed by atoms with Crippen LogP contribution in [0.25, 0.3) is 0 Å². The first kappa shape index (κ1) is 20.4. The van der Waals surface area contributed by atoms with Crippen LogP contribution in [0.1, 0.15) is 48.3 Å². The molecule has 9 heteroatoms. The number of benzene rings is 1. The Balaban J connectivity index is 1.69. The number of hydrogen-bond acceptors (Lipinski definition) is 6. The lowest BCUT2D eigenvalue weighted by Crippen LogP contribution is -2.32. The maximum Gasteiger partial charge on any atom is 0.433 e. The van der Waals surface area contributed by atoms with Crippen LogP contribution in [-0.2, 0) is 4.79 Å². The van der Waals surface area contributed by atoms with Gasteiger partial charge < -0.3 is 19.4 Å². The van der Waals surface area contributed by atoms with E-state index in [1.807, 2.05) is 19.1 Å². The number of amides is 2. The van der Waals surface area contributed by atoms with Crippen molar-refractivity contribution in [3.8, 4) is 5.75 Å². The topological polar surface area (TPSA) is 115 Å². The highest BCUT2D eigenvalue weighted by atomic mass is 16.6. The van der Waals surface area contributed by atoms with Gasteiger partial charge in [-0.15, -0.1) is 0 Å². The van der Waals surface area contributed by atoms with Crippen molar-refractivity contribution in [2.75, 3.05) is 19.7 Å². The maximum atomic E-state index is 12.4. The van der Waals surface area contributed by atoms with Crippen molar-refractivity contribution in [2.45, 2.75) is 32.2 Å². The third kappa shape index (κ3) is 4.92. The molecular weight excluding hydrogens is 378 g/mol. The first-order chi connectivity index (χ1) is 14.0. The van der Waals surface area contributed by atoms with Gasteiger partial charge in [0.1, 0.15) is 10.7 Å². The van der Waals surface area contributed by atoms with Gasteiger partial charge in [0.05, 0.1) is 12.1 Å². The van der Waals surface area contributed by atoms with Crippen LogP contribution in [0.2, 0.25) is 0 Å². The fraction of sp³-hybridized carbons (Fsp3) is 0.400. The van der Waals surface area contributed by atoms with Crippen molar-refractivity contribution >= 4 is 17.7 Å². The molecule has 2 heterocycles. The normalized spacial score (nSPS) is 14.4. The number of furan rings is 1. The van der Waals surface area contributed by atoms with Crippen LogP contribution in [0.15, 0.2) is 40.8 Å². The first-order valence-electron chi connectivity index (χ1n) is 9.54. The molecule has 0 radical (unpaired) electrons. The SMILES string of the molecule is CCC(NC(=O)c1ccc([N+](=O)[O-])o1)c1ccccc1OCC(=O)N1CCCC1. The minimum atomic E-state index is -0.700. The summed E-state index contributed by atoms with van der Waals surface area (Å²) in [5.74, 6) is -0.743. The Kier molecular flexibility index (Phi) is 6.48. The molecule has 1 aliphatic rings. The van der Waals surface area contributed by atoms with Crippen LogP contribution < -0.4 is 10.1 Å². The van der Waals surface area contributed by atoms with Crippen molar-refractivity contribution in [1.29, 1.82) is 0 Å². The summed E-state index contributed by atoms with van der Waals surface area (Å²) in [5.41, 5.74) is 0.721. The molecule has 29 heavy (non-hydrogen) atoms. The predicted octanol–water partition coefficient (Wildman–Crippen LogP) is 3.07. The molecule has 154 valence electrons. The molecule has 1 atom stereocenters. The quantitative estimate of drug-likeness (QED) is 0.537. The minimum absolute atomic E-state index is 0.0581. The number of nitrogens with one attached hydrogen (secondary N) is 1. The van der Waals surface area contributed by atoms with Crippen molar-refractivity contribution in [3.05, 3.63) is 57.8 Å². The van der Waals surface area contributed by atoms with Gasteiger partial charge in [-0.05, 0) is 31.4 Å². The molecule has 1 aromatic carbocycles. The summed E-state index contributed by atoms with van der Waals surface area (Å²) in [7, 11) is 0. The van der Waals surface area contributed by atoms with E-state index in [0.29, 0.717) is 12.2 Å². The van der Waals surface area contributed by atoms with Gasteiger partial charge in [-0.1, -0.05) is 25.1 Å². The van der Waals surface area contributed by atoms with Crippen molar-refractivity contribution in [3.63, 3.8) is 0 Å². The van der Waals surface area contributed by atoms with E-state index in [1.165, 1.54) is 6.07 Å². The number of para-hydroxylation sites is 1. The van der Waals surface area contributed by atoms with Gasteiger partial charge in [-0.2, -0.15) is 0 Å².